The average Bonchev–Trinajstić information content (AvgIpc) is 3.46. The van der Waals surface area contributed by atoms with Gasteiger partial charge in [0.1, 0.15) is 0 Å². The van der Waals surface area contributed by atoms with Crippen LogP contribution in [-0.4, -0.2) is 65.9 Å². The predicted octanol–water partition coefficient (Wildman–Crippen LogP) is 1.69. The van der Waals surface area contributed by atoms with Crippen molar-refractivity contribution < 1.29 is 19.1 Å². The van der Waals surface area contributed by atoms with E-state index in [9.17, 15) is 14.4 Å². The zero-order chi connectivity index (χ0) is 19.4. The summed E-state index contributed by atoms with van der Waals surface area (Å²) >= 11 is 0. The Morgan fingerprint density at radius 1 is 1.10 bits per heavy atom. The van der Waals surface area contributed by atoms with Crippen molar-refractivity contribution in [2.45, 2.75) is 37.8 Å². The largest absolute Gasteiger partial charge is 0.376 e. The molecule has 1 saturated carbocycles. The molecule has 4 aliphatic rings. The number of halogens is 1. The second-order valence-corrected chi connectivity index (χ2v) is 8.49. The summed E-state index contributed by atoms with van der Waals surface area (Å²) in [6.45, 7) is 2.36. The van der Waals surface area contributed by atoms with Crippen LogP contribution >= 0.6 is 12.4 Å². The van der Waals surface area contributed by atoms with Crippen LogP contribution in [0.2, 0.25) is 0 Å². The molecular weight excluding hydrogens is 394 g/mol. The van der Waals surface area contributed by atoms with Gasteiger partial charge < -0.3 is 15.4 Å². The van der Waals surface area contributed by atoms with Gasteiger partial charge >= 0.3 is 0 Å². The Morgan fingerprint density at radius 3 is 2.62 bits per heavy atom. The maximum absolute atomic E-state index is 13.0. The van der Waals surface area contributed by atoms with E-state index in [0.29, 0.717) is 41.7 Å². The molecule has 1 aromatic rings. The minimum Gasteiger partial charge on any atom is -0.376 e. The molecule has 0 aromatic heterocycles. The number of likely N-dealkylation sites (tertiary alicyclic amines) is 1. The third-order valence-electron chi connectivity index (χ3n) is 6.83. The number of hydrogen-bond donors (Lipinski definition) is 1. The molecule has 3 aliphatic heterocycles. The summed E-state index contributed by atoms with van der Waals surface area (Å²) in [4.78, 5) is 41.5. The molecular formula is C21H26ClN3O4. The molecule has 2 saturated heterocycles. The van der Waals surface area contributed by atoms with Crippen molar-refractivity contribution in [3.05, 3.63) is 34.9 Å². The molecule has 1 aliphatic carbocycles. The van der Waals surface area contributed by atoms with E-state index in [1.807, 2.05) is 4.90 Å². The minimum absolute atomic E-state index is 0. The SMILES string of the molecule is Cl.NC1CCC2CN(C(=O)c3ccc4c(c3)C(=O)N(CC3CCCO3)C4=O)CC12. The molecule has 3 heterocycles. The van der Waals surface area contributed by atoms with Crippen molar-refractivity contribution in [1.82, 2.24) is 9.80 Å². The van der Waals surface area contributed by atoms with E-state index in [4.69, 9.17) is 10.5 Å². The highest BCUT2D eigenvalue weighted by Crippen LogP contribution is 2.38. The number of carbonyl (C=O) groups is 3. The molecule has 3 fully saturated rings. The van der Waals surface area contributed by atoms with Gasteiger partial charge in [-0.1, -0.05) is 0 Å². The summed E-state index contributed by atoms with van der Waals surface area (Å²) in [6, 6.07) is 5.03. The van der Waals surface area contributed by atoms with Crippen molar-refractivity contribution >= 4 is 30.1 Å². The van der Waals surface area contributed by atoms with Gasteiger partial charge in [0, 0.05) is 31.3 Å². The van der Waals surface area contributed by atoms with Gasteiger partial charge in [0.15, 0.2) is 0 Å². The lowest BCUT2D eigenvalue weighted by Gasteiger charge is -2.19. The quantitative estimate of drug-likeness (QED) is 0.752. The normalized spacial score (nSPS) is 30.5. The monoisotopic (exact) mass is 419 g/mol. The average molecular weight is 420 g/mol. The van der Waals surface area contributed by atoms with Gasteiger partial charge in [-0.15, -0.1) is 12.4 Å². The van der Waals surface area contributed by atoms with Crippen LogP contribution in [0.25, 0.3) is 0 Å². The molecule has 0 spiro atoms. The van der Waals surface area contributed by atoms with Crippen molar-refractivity contribution in [2.75, 3.05) is 26.2 Å². The number of carbonyl (C=O) groups excluding carboxylic acids is 3. The highest BCUT2D eigenvalue weighted by atomic mass is 35.5. The van der Waals surface area contributed by atoms with Gasteiger partial charge in [-0.05, 0) is 55.7 Å². The van der Waals surface area contributed by atoms with Crippen LogP contribution in [0.1, 0.15) is 56.8 Å². The Labute approximate surface area is 175 Å². The first-order valence-electron chi connectivity index (χ1n) is 10.2. The maximum atomic E-state index is 13.0. The molecule has 1 aromatic carbocycles. The highest BCUT2D eigenvalue weighted by Gasteiger charge is 2.43. The van der Waals surface area contributed by atoms with Gasteiger partial charge in [0.25, 0.3) is 17.7 Å². The van der Waals surface area contributed by atoms with Gasteiger partial charge in [0.05, 0.1) is 23.8 Å². The van der Waals surface area contributed by atoms with Crippen molar-refractivity contribution in [2.24, 2.45) is 17.6 Å². The fourth-order valence-electron chi connectivity index (χ4n) is 5.24. The van der Waals surface area contributed by atoms with E-state index < -0.39 is 0 Å². The summed E-state index contributed by atoms with van der Waals surface area (Å²) < 4.78 is 5.57. The Hall–Kier alpha value is -1.96. The minimum atomic E-state index is -0.328. The summed E-state index contributed by atoms with van der Waals surface area (Å²) in [5.41, 5.74) is 7.34. The molecule has 0 bridgehead atoms. The Morgan fingerprint density at radius 2 is 1.90 bits per heavy atom. The Bertz CT molecular complexity index is 854. The number of ether oxygens (including phenoxy) is 1. The van der Waals surface area contributed by atoms with E-state index >= 15 is 0 Å². The van der Waals surface area contributed by atoms with Crippen LogP contribution < -0.4 is 5.73 Å². The van der Waals surface area contributed by atoms with Crippen LogP contribution in [0.15, 0.2) is 18.2 Å². The second kappa shape index (κ2) is 7.70. The molecule has 0 radical (unpaired) electrons. The number of hydrogen-bond acceptors (Lipinski definition) is 5. The molecule has 3 amide bonds. The van der Waals surface area contributed by atoms with Crippen LogP contribution in [0.3, 0.4) is 0 Å². The molecule has 8 heteroatoms. The van der Waals surface area contributed by atoms with Gasteiger partial charge in [-0.25, -0.2) is 0 Å². The molecule has 4 atom stereocenters. The van der Waals surface area contributed by atoms with Gasteiger partial charge in [-0.3, -0.25) is 19.3 Å². The van der Waals surface area contributed by atoms with E-state index in [1.165, 1.54) is 4.90 Å². The predicted molar refractivity (Wildman–Crippen MR) is 108 cm³/mol. The second-order valence-electron chi connectivity index (χ2n) is 8.49. The molecule has 4 unspecified atom stereocenters. The fraction of sp³-hybridized carbons (Fsp3) is 0.571. The highest BCUT2D eigenvalue weighted by molar-refractivity contribution is 6.22. The smallest absolute Gasteiger partial charge is 0.261 e. The van der Waals surface area contributed by atoms with Crippen LogP contribution in [0.5, 0.6) is 0 Å². The molecule has 29 heavy (non-hydrogen) atoms. The number of nitrogens with zero attached hydrogens (tertiary/aromatic N) is 2. The number of nitrogens with two attached hydrogens (primary N) is 1. The van der Waals surface area contributed by atoms with Crippen molar-refractivity contribution in [1.29, 1.82) is 0 Å². The molecule has 2 N–H and O–H groups in total. The Kier molecular flexibility index (Phi) is 5.40. The van der Waals surface area contributed by atoms with E-state index in [0.717, 1.165) is 32.2 Å². The standard InChI is InChI=1S/C21H25N3O4.ClH/c22-18-6-4-13-9-23(11-17(13)18)19(25)12-3-5-15-16(8-12)21(27)24(20(15)26)10-14-2-1-7-28-14;/h3,5,8,13-14,17-18H,1-2,4,6-7,9-11,22H2;1H. The summed E-state index contributed by atoms with van der Waals surface area (Å²) in [7, 11) is 0. The lowest BCUT2D eigenvalue weighted by molar-refractivity contribution is 0.0475. The van der Waals surface area contributed by atoms with Gasteiger partial charge in [0.2, 0.25) is 0 Å². The topological polar surface area (TPSA) is 92.9 Å². The first-order valence-corrected chi connectivity index (χ1v) is 10.2. The number of fused-ring (bicyclic) bond motifs is 2. The number of rotatable bonds is 3. The van der Waals surface area contributed by atoms with E-state index in [2.05, 4.69) is 0 Å². The van der Waals surface area contributed by atoms with Gasteiger partial charge in [-0.2, -0.15) is 0 Å². The zero-order valence-corrected chi connectivity index (χ0v) is 17.0. The van der Waals surface area contributed by atoms with E-state index in [-0.39, 0.29) is 48.8 Å². The first kappa shape index (κ1) is 20.3. The molecule has 5 rings (SSSR count). The van der Waals surface area contributed by atoms with Crippen LogP contribution in [0, 0.1) is 11.8 Å². The van der Waals surface area contributed by atoms with Crippen molar-refractivity contribution in [3.63, 3.8) is 0 Å². The third-order valence-corrected chi connectivity index (χ3v) is 6.83. The van der Waals surface area contributed by atoms with Crippen LogP contribution in [0.4, 0.5) is 0 Å². The lowest BCUT2D eigenvalue weighted by Crippen LogP contribution is -2.36. The molecule has 156 valence electrons. The fourth-order valence-corrected chi connectivity index (χ4v) is 5.24. The van der Waals surface area contributed by atoms with Crippen LogP contribution in [-0.2, 0) is 4.74 Å². The first-order chi connectivity index (χ1) is 13.5. The summed E-state index contributed by atoms with van der Waals surface area (Å²) in [5.74, 6) is 0.158. The zero-order valence-electron chi connectivity index (χ0n) is 16.2. The third kappa shape index (κ3) is 3.35. The lowest BCUT2D eigenvalue weighted by atomic mass is 9.98. The Balaban J connectivity index is 0.00000205. The maximum Gasteiger partial charge on any atom is 0.261 e. The van der Waals surface area contributed by atoms with Crippen molar-refractivity contribution in [3.8, 4) is 0 Å². The molecule has 7 nitrogen and oxygen atoms in total. The number of amides is 3. The summed E-state index contributed by atoms with van der Waals surface area (Å²) in [6.07, 6.45) is 3.83. The summed E-state index contributed by atoms with van der Waals surface area (Å²) in [5, 5.41) is 0. The number of benzene rings is 1. The van der Waals surface area contributed by atoms with E-state index in [1.54, 1.807) is 18.2 Å². The number of imide groups is 1.